The van der Waals surface area contributed by atoms with Crippen LogP contribution in [0.4, 0.5) is 0 Å². The monoisotopic (exact) mass is 336 g/mol. The second-order valence-electron chi connectivity index (χ2n) is 7.92. The highest BCUT2D eigenvalue weighted by Crippen LogP contribution is 2.63. The predicted octanol–water partition coefficient (Wildman–Crippen LogP) is 2.76. The van der Waals surface area contributed by atoms with Crippen LogP contribution in [0.1, 0.15) is 52.4 Å². The highest BCUT2D eigenvalue weighted by atomic mass is 16.6. The van der Waals surface area contributed by atoms with E-state index in [2.05, 4.69) is 0 Å². The van der Waals surface area contributed by atoms with Crippen molar-refractivity contribution in [3.63, 3.8) is 0 Å². The highest BCUT2D eigenvalue weighted by Gasteiger charge is 2.58. The van der Waals surface area contributed by atoms with Crippen molar-refractivity contribution >= 4 is 18.2 Å². The van der Waals surface area contributed by atoms with Gasteiger partial charge in [-0.05, 0) is 75.5 Å². The molecule has 24 heavy (non-hydrogen) atoms. The first kappa shape index (κ1) is 17.4. The first-order chi connectivity index (χ1) is 11.5. The Balaban J connectivity index is 1.90. The molecule has 0 spiro atoms. The van der Waals surface area contributed by atoms with Crippen LogP contribution in [0.2, 0.25) is 0 Å². The maximum Gasteiger partial charge on any atom is 0.321 e. The smallest absolute Gasteiger partial charge is 0.321 e. The van der Waals surface area contributed by atoms with Crippen LogP contribution >= 0.6 is 0 Å². The van der Waals surface area contributed by atoms with Gasteiger partial charge in [0.25, 0.3) is 0 Å². The number of carbonyl (C=O) groups is 3. The second kappa shape index (κ2) is 6.85. The Morgan fingerprint density at radius 2 is 1.38 bits per heavy atom. The summed E-state index contributed by atoms with van der Waals surface area (Å²) in [5.74, 6) is -1.02. The number of rotatable bonds is 7. The molecular formula is C19H28O5. The predicted molar refractivity (Wildman–Crippen MR) is 86.9 cm³/mol. The van der Waals surface area contributed by atoms with E-state index in [9.17, 15) is 14.4 Å². The third kappa shape index (κ3) is 2.98. The number of ether oxygens (including phenoxy) is 2. The van der Waals surface area contributed by atoms with Gasteiger partial charge in [0.2, 0.25) is 0 Å². The van der Waals surface area contributed by atoms with E-state index in [4.69, 9.17) is 9.47 Å². The van der Waals surface area contributed by atoms with E-state index in [1.165, 1.54) is 19.3 Å². The van der Waals surface area contributed by atoms with Gasteiger partial charge in [-0.3, -0.25) is 9.59 Å². The molecule has 0 radical (unpaired) electrons. The average Bonchev–Trinajstić information content (AvgIpc) is 2.51. The van der Waals surface area contributed by atoms with Crippen LogP contribution in [-0.4, -0.2) is 31.4 Å². The van der Waals surface area contributed by atoms with Gasteiger partial charge in [-0.25, -0.2) is 0 Å². The molecule has 0 saturated heterocycles. The number of hydrogen-bond donors (Lipinski definition) is 0. The van der Waals surface area contributed by atoms with Gasteiger partial charge in [0.05, 0.1) is 13.2 Å². The summed E-state index contributed by atoms with van der Waals surface area (Å²) in [6.07, 6.45) is 7.44. The lowest BCUT2D eigenvalue weighted by Gasteiger charge is -2.59. The van der Waals surface area contributed by atoms with Gasteiger partial charge in [-0.2, -0.15) is 0 Å². The molecule has 4 bridgehead atoms. The van der Waals surface area contributed by atoms with E-state index >= 15 is 0 Å². The number of carbonyl (C=O) groups excluding carboxylic acids is 3. The normalized spacial score (nSPS) is 34.9. The molecule has 0 unspecified atom stereocenters. The maximum absolute atomic E-state index is 12.5. The van der Waals surface area contributed by atoms with Gasteiger partial charge < -0.3 is 14.3 Å². The van der Waals surface area contributed by atoms with Gasteiger partial charge >= 0.3 is 11.9 Å². The lowest BCUT2D eigenvalue weighted by molar-refractivity contribution is -0.175. The fourth-order valence-electron chi connectivity index (χ4n) is 6.02. The first-order valence-electron chi connectivity index (χ1n) is 9.31. The van der Waals surface area contributed by atoms with E-state index in [1.54, 1.807) is 13.8 Å². The molecule has 4 aliphatic carbocycles. The summed E-state index contributed by atoms with van der Waals surface area (Å²) in [5, 5.41) is 0. The van der Waals surface area contributed by atoms with Crippen molar-refractivity contribution in [3.05, 3.63) is 0 Å². The topological polar surface area (TPSA) is 69.7 Å². The first-order valence-corrected chi connectivity index (χ1v) is 9.31. The molecular weight excluding hydrogens is 308 g/mol. The van der Waals surface area contributed by atoms with Crippen molar-refractivity contribution in [1.29, 1.82) is 0 Å². The second-order valence-corrected chi connectivity index (χ2v) is 7.92. The molecule has 0 aliphatic heterocycles. The molecule has 5 nitrogen and oxygen atoms in total. The fraction of sp³-hybridized carbons (Fsp3) is 0.842. The Morgan fingerprint density at radius 1 is 0.958 bits per heavy atom. The molecule has 0 aromatic rings. The summed E-state index contributed by atoms with van der Waals surface area (Å²) in [7, 11) is 0. The van der Waals surface area contributed by atoms with E-state index in [0.717, 1.165) is 25.5 Å². The molecule has 4 rings (SSSR count). The maximum atomic E-state index is 12.5. The lowest BCUT2D eigenvalue weighted by Crippen LogP contribution is -2.54. The van der Waals surface area contributed by atoms with Crippen LogP contribution in [0, 0.1) is 35.0 Å². The van der Waals surface area contributed by atoms with Crippen molar-refractivity contribution in [3.8, 4) is 0 Å². The standard InChI is InChI=1S/C19H28O5/c1-3-23-17(21)16(18(22)24-4-2)15(11-20)19-8-12-5-13(9-19)7-14(6-12)10-19/h11-16H,3-10H2,1-2H3/t12?,13?,14?,15-,19?/m1/s1. The Labute approximate surface area is 143 Å². The van der Waals surface area contributed by atoms with Gasteiger partial charge in [0.1, 0.15) is 6.29 Å². The van der Waals surface area contributed by atoms with Crippen LogP contribution in [-0.2, 0) is 23.9 Å². The van der Waals surface area contributed by atoms with Crippen molar-refractivity contribution in [2.24, 2.45) is 35.0 Å². The van der Waals surface area contributed by atoms with Crippen LogP contribution in [0.15, 0.2) is 0 Å². The fourth-order valence-corrected chi connectivity index (χ4v) is 6.02. The van der Waals surface area contributed by atoms with Crippen LogP contribution < -0.4 is 0 Å². The minimum atomic E-state index is -1.11. The molecule has 134 valence electrons. The zero-order valence-corrected chi connectivity index (χ0v) is 14.7. The van der Waals surface area contributed by atoms with Crippen molar-refractivity contribution in [2.45, 2.75) is 52.4 Å². The van der Waals surface area contributed by atoms with Crippen LogP contribution in [0.25, 0.3) is 0 Å². The summed E-state index contributed by atoms with van der Waals surface area (Å²) >= 11 is 0. The Bertz CT molecular complexity index is 459. The summed E-state index contributed by atoms with van der Waals surface area (Å²) in [5.41, 5.74) is -0.222. The third-order valence-corrected chi connectivity index (χ3v) is 6.38. The van der Waals surface area contributed by atoms with Gasteiger partial charge in [-0.15, -0.1) is 0 Å². The van der Waals surface area contributed by atoms with Gasteiger partial charge in [0.15, 0.2) is 5.92 Å². The van der Waals surface area contributed by atoms with E-state index in [0.29, 0.717) is 17.8 Å². The molecule has 4 saturated carbocycles. The summed E-state index contributed by atoms with van der Waals surface area (Å²) in [6.45, 7) is 3.81. The number of esters is 2. The Kier molecular flexibility index (Phi) is 4.97. The van der Waals surface area contributed by atoms with Crippen molar-refractivity contribution < 1.29 is 23.9 Å². The molecule has 0 amide bonds. The molecule has 5 heteroatoms. The molecule has 4 aliphatic rings. The minimum Gasteiger partial charge on any atom is -0.465 e. The third-order valence-electron chi connectivity index (χ3n) is 6.38. The van der Waals surface area contributed by atoms with Crippen LogP contribution in [0.3, 0.4) is 0 Å². The molecule has 0 N–H and O–H groups in total. The molecule has 0 aromatic carbocycles. The molecule has 0 heterocycles. The van der Waals surface area contributed by atoms with Gasteiger partial charge in [0, 0.05) is 5.92 Å². The van der Waals surface area contributed by atoms with Crippen molar-refractivity contribution in [1.82, 2.24) is 0 Å². The number of aldehydes is 1. The Hall–Kier alpha value is -1.39. The lowest BCUT2D eigenvalue weighted by atomic mass is 9.45. The van der Waals surface area contributed by atoms with E-state index in [-0.39, 0.29) is 18.6 Å². The number of hydrogen-bond acceptors (Lipinski definition) is 5. The average molecular weight is 336 g/mol. The van der Waals surface area contributed by atoms with E-state index in [1.807, 2.05) is 0 Å². The molecule has 1 atom stereocenters. The van der Waals surface area contributed by atoms with Gasteiger partial charge in [-0.1, -0.05) is 0 Å². The van der Waals surface area contributed by atoms with E-state index < -0.39 is 23.8 Å². The quantitative estimate of drug-likeness (QED) is 0.406. The SMILES string of the molecule is CCOC(=O)C(C(=O)OCC)[C@@H](C=O)C12CC3CC(CC(C3)C1)C2. The van der Waals surface area contributed by atoms with Crippen molar-refractivity contribution in [2.75, 3.05) is 13.2 Å². The van der Waals surface area contributed by atoms with Crippen LogP contribution in [0.5, 0.6) is 0 Å². The minimum absolute atomic E-state index is 0.196. The summed E-state index contributed by atoms with van der Waals surface area (Å²) in [4.78, 5) is 37.0. The summed E-state index contributed by atoms with van der Waals surface area (Å²) in [6, 6.07) is 0. The highest BCUT2D eigenvalue weighted by molar-refractivity contribution is 5.97. The molecule has 0 aromatic heterocycles. The zero-order chi connectivity index (χ0) is 17.3. The zero-order valence-electron chi connectivity index (χ0n) is 14.7. The summed E-state index contributed by atoms with van der Waals surface area (Å²) < 4.78 is 10.2. The molecule has 4 fully saturated rings. The Morgan fingerprint density at radius 3 is 1.71 bits per heavy atom. The largest absolute Gasteiger partial charge is 0.465 e.